The quantitative estimate of drug-likeness (QED) is 0.899. The Morgan fingerprint density at radius 1 is 1.33 bits per heavy atom. The predicted molar refractivity (Wildman–Crippen MR) is 56.7 cm³/mol. The van der Waals surface area contributed by atoms with Gasteiger partial charge in [-0.1, -0.05) is 0 Å². The minimum absolute atomic E-state index is 0.384. The highest BCUT2D eigenvalue weighted by Gasteiger charge is 2.27. The minimum Gasteiger partial charge on any atom is -0.362 e. The summed E-state index contributed by atoms with van der Waals surface area (Å²) in [6.45, 7) is -2.15. The van der Waals surface area contributed by atoms with E-state index in [9.17, 15) is 18.0 Å². The molecule has 0 bridgehead atoms. The van der Waals surface area contributed by atoms with E-state index in [1.54, 1.807) is 0 Å². The van der Waals surface area contributed by atoms with Crippen molar-refractivity contribution in [3.05, 3.63) is 29.8 Å². The first kappa shape index (κ1) is 14.0. The van der Waals surface area contributed by atoms with Crippen LogP contribution in [0.3, 0.4) is 0 Å². The summed E-state index contributed by atoms with van der Waals surface area (Å²) < 4.78 is 39.4. The standard InChI is InChI=1S/C11H9F3N2O2/c12-11(13,14)7-18-6-10(17)16-9-3-1-8(5-15)2-4-9/h1-4H,6-7H2,(H,16,17). The Morgan fingerprint density at radius 2 is 1.94 bits per heavy atom. The van der Waals surface area contributed by atoms with E-state index in [-0.39, 0.29) is 0 Å². The van der Waals surface area contributed by atoms with Crippen LogP contribution in [0.2, 0.25) is 0 Å². The van der Waals surface area contributed by atoms with Crippen LogP contribution in [0.15, 0.2) is 24.3 Å². The van der Waals surface area contributed by atoms with Crippen LogP contribution in [0.1, 0.15) is 5.56 Å². The summed E-state index contributed by atoms with van der Waals surface area (Å²) in [6, 6.07) is 7.80. The summed E-state index contributed by atoms with van der Waals surface area (Å²) in [6.07, 6.45) is -4.45. The third-order valence-corrected chi connectivity index (χ3v) is 1.80. The fraction of sp³-hybridized carbons (Fsp3) is 0.273. The summed E-state index contributed by atoms with van der Waals surface area (Å²) in [4.78, 5) is 11.2. The summed E-state index contributed by atoms with van der Waals surface area (Å²) in [7, 11) is 0. The van der Waals surface area contributed by atoms with Crippen molar-refractivity contribution in [1.29, 1.82) is 5.26 Å². The molecule has 0 aliphatic heterocycles. The zero-order valence-electron chi connectivity index (χ0n) is 9.12. The Labute approximate surface area is 101 Å². The van der Waals surface area contributed by atoms with Gasteiger partial charge in [0.05, 0.1) is 11.6 Å². The SMILES string of the molecule is N#Cc1ccc(NC(=O)COCC(F)(F)F)cc1. The van der Waals surface area contributed by atoms with E-state index in [1.807, 2.05) is 6.07 Å². The second kappa shape index (κ2) is 6.02. The Hall–Kier alpha value is -2.07. The molecule has 0 aliphatic carbocycles. The monoisotopic (exact) mass is 258 g/mol. The molecular weight excluding hydrogens is 249 g/mol. The van der Waals surface area contributed by atoms with Crippen LogP contribution in [-0.2, 0) is 9.53 Å². The van der Waals surface area contributed by atoms with Crippen LogP contribution < -0.4 is 5.32 Å². The highest BCUT2D eigenvalue weighted by molar-refractivity contribution is 5.91. The third-order valence-electron chi connectivity index (χ3n) is 1.80. The first-order valence-corrected chi connectivity index (χ1v) is 4.85. The average Bonchev–Trinajstić information content (AvgIpc) is 2.28. The molecule has 0 radical (unpaired) electrons. The van der Waals surface area contributed by atoms with Gasteiger partial charge in [-0.15, -0.1) is 0 Å². The maximum atomic E-state index is 11.7. The molecule has 1 N–H and O–H groups in total. The maximum absolute atomic E-state index is 11.7. The zero-order chi connectivity index (χ0) is 13.6. The van der Waals surface area contributed by atoms with Crippen molar-refractivity contribution < 1.29 is 22.7 Å². The van der Waals surface area contributed by atoms with Crippen molar-refractivity contribution in [2.75, 3.05) is 18.5 Å². The summed E-state index contributed by atoms with van der Waals surface area (Å²) in [5.41, 5.74) is 0.802. The largest absolute Gasteiger partial charge is 0.411 e. The number of carbonyl (C=O) groups excluding carboxylic acids is 1. The number of benzene rings is 1. The Bertz CT molecular complexity index is 449. The van der Waals surface area contributed by atoms with Gasteiger partial charge in [0.1, 0.15) is 13.2 Å². The number of amides is 1. The maximum Gasteiger partial charge on any atom is 0.411 e. The van der Waals surface area contributed by atoms with E-state index in [0.717, 1.165) is 0 Å². The number of carbonyl (C=O) groups is 1. The number of anilines is 1. The number of alkyl halides is 3. The lowest BCUT2D eigenvalue weighted by Gasteiger charge is -2.08. The van der Waals surface area contributed by atoms with E-state index in [1.165, 1.54) is 24.3 Å². The molecule has 1 aromatic rings. The number of hydrogen-bond donors (Lipinski definition) is 1. The van der Waals surface area contributed by atoms with Gasteiger partial charge in [0.2, 0.25) is 5.91 Å². The molecule has 4 nitrogen and oxygen atoms in total. The van der Waals surface area contributed by atoms with Gasteiger partial charge >= 0.3 is 6.18 Å². The molecule has 0 unspecified atom stereocenters. The first-order chi connectivity index (χ1) is 8.40. The Morgan fingerprint density at radius 3 is 2.44 bits per heavy atom. The highest BCUT2D eigenvalue weighted by atomic mass is 19.4. The Balaban J connectivity index is 2.38. The first-order valence-electron chi connectivity index (χ1n) is 4.85. The van der Waals surface area contributed by atoms with Crippen molar-refractivity contribution >= 4 is 11.6 Å². The molecule has 96 valence electrons. The summed E-state index contributed by atoms with van der Waals surface area (Å²) >= 11 is 0. The zero-order valence-corrected chi connectivity index (χ0v) is 9.12. The van der Waals surface area contributed by atoms with Crippen molar-refractivity contribution in [2.45, 2.75) is 6.18 Å². The fourth-order valence-electron chi connectivity index (χ4n) is 1.08. The molecule has 1 aromatic carbocycles. The molecule has 18 heavy (non-hydrogen) atoms. The van der Waals surface area contributed by atoms with Crippen LogP contribution in [0.4, 0.5) is 18.9 Å². The molecule has 0 aromatic heterocycles. The number of nitrogens with zero attached hydrogens (tertiary/aromatic N) is 1. The topological polar surface area (TPSA) is 62.1 Å². The van der Waals surface area contributed by atoms with Gasteiger partial charge in [0, 0.05) is 5.69 Å². The molecular formula is C11H9F3N2O2. The number of ether oxygens (including phenoxy) is 1. The number of nitrogens with one attached hydrogen (secondary N) is 1. The summed E-state index contributed by atoms with van der Waals surface area (Å²) in [5, 5.41) is 10.9. The molecule has 1 rings (SSSR count). The third kappa shape index (κ3) is 5.32. The van der Waals surface area contributed by atoms with Gasteiger partial charge in [0.15, 0.2) is 0 Å². The normalized spacial score (nSPS) is 10.8. The van der Waals surface area contributed by atoms with Crippen molar-refractivity contribution in [3.63, 3.8) is 0 Å². The molecule has 0 fully saturated rings. The summed E-state index contributed by atoms with van der Waals surface area (Å²) in [5.74, 6) is -0.691. The van der Waals surface area contributed by atoms with Gasteiger partial charge in [-0.05, 0) is 24.3 Å². The molecule has 0 spiro atoms. The van der Waals surface area contributed by atoms with Crippen molar-refractivity contribution in [3.8, 4) is 6.07 Å². The molecule has 7 heteroatoms. The van der Waals surface area contributed by atoms with Gasteiger partial charge in [-0.25, -0.2) is 0 Å². The van der Waals surface area contributed by atoms with Crippen molar-refractivity contribution in [2.24, 2.45) is 0 Å². The number of nitriles is 1. The van der Waals surface area contributed by atoms with Crippen LogP contribution in [0.25, 0.3) is 0 Å². The van der Waals surface area contributed by atoms with Crippen LogP contribution in [0, 0.1) is 11.3 Å². The van der Waals surface area contributed by atoms with Gasteiger partial charge < -0.3 is 10.1 Å². The lowest BCUT2D eigenvalue weighted by atomic mass is 10.2. The highest BCUT2D eigenvalue weighted by Crippen LogP contribution is 2.14. The molecule has 0 saturated carbocycles. The fourth-order valence-corrected chi connectivity index (χ4v) is 1.08. The van der Waals surface area contributed by atoms with E-state index in [2.05, 4.69) is 10.1 Å². The molecule has 0 aliphatic rings. The number of halogens is 3. The average molecular weight is 258 g/mol. The molecule has 0 atom stereocenters. The van der Waals surface area contributed by atoms with Gasteiger partial charge in [-0.2, -0.15) is 18.4 Å². The van der Waals surface area contributed by atoms with Gasteiger partial charge in [-0.3, -0.25) is 4.79 Å². The van der Waals surface area contributed by atoms with Crippen LogP contribution >= 0.6 is 0 Å². The second-order valence-corrected chi connectivity index (χ2v) is 3.35. The van der Waals surface area contributed by atoms with Crippen LogP contribution in [-0.4, -0.2) is 25.3 Å². The second-order valence-electron chi connectivity index (χ2n) is 3.35. The number of rotatable bonds is 4. The lowest BCUT2D eigenvalue weighted by Crippen LogP contribution is -2.23. The molecule has 1 amide bonds. The Kier molecular flexibility index (Phi) is 4.68. The van der Waals surface area contributed by atoms with E-state index >= 15 is 0 Å². The van der Waals surface area contributed by atoms with E-state index in [4.69, 9.17) is 5.26 Å². The molecule has 0 saturated heterocycles. The van der Waals surface area contributed by atoms with Crippen molar-refractivity contribution in [1.82, 2.24) is 0 Å². The van der Waals surface area contributed by atoms with Gasteiger partial charge in [0.25, 0.3) is 0 Å². The lowest BCUT2D eigenvalue weighted by molar-refractivity contribution is -0.174. The smallest absolute Gasteiger partial charge is 0.362 e. The van der Waals surface area contributed by atoms with E-state index in [0.29, 0.717) is 11.3 Å². The molecule has 0 heterocycles. The number of hydrogen-bond acceptors (Lipinski definition) is 3. The van der Waals surface area contributed by atoms with E-state index < -0.39 is 25.3 Å². The van der Waals surface area contributed by atoms with Crippen LogP contribution in [0.5, 0.6) is 0 Å². The predicted octanol–water partition coefficient (Wildman–Crippen LogP) is 2.08. The minimum atomic E-state index is -4.45.